The van der Waals surface area contributed by atoms with Gasteiger partial charge in [0.25, 0.3) is 0 Å². The Balaban J connectivity index is 0.00000220. The molecular weight excluding hydrogens is 321 g/mol. The summed E-state index contributed by atoms with van der Waals surface area (Å²) in [7, 11) is 0. The Bertz CT molecular complexity index is 478. The number of fused-ring (bicyclic) bond motifs is 1. The number of halogens is 2. The van der Waals surface area contributed by atoms with Crippen molar-refractivity contribution in [1.82, 2.24) is 10.2 Å². The third kappa shape index (κ3) is 5.34. The first kappa shape index (κ1) is 21.0. The van der Waals surface area contributed by atoms with Gasteiger partial charge >= 0.3 is 0 Å². The summed E-state index contributed by atoms with van der Waals surface area (Å²) < 4.78 is 0. The first-order chi connectivity index (χ1) is 9.63. The quantitative estimate of drug-likeness (QED) is 0.805. The third-order valence-electron chi connectivity index (χ3n) is 4.08. The molecule has 4 nitrogen and oxygen atoms in total. The molecule has 6 heteroatoms. The standard InChI is InChI=1S/C16H25N3O.2ClH/c1-3-19(4-2)11-16(20)18-15-7-5-6-12-10-13(17)8-9-14(12)15;;/h8-10,15H,3-7,11,17H2,1-2H3,(H,18,20);2*1H. The van der Waals surface area contributed by atoms with E-state index in [0.717, 1.165) is 38.0 Å². The second-order valence-electron chi connectivity index (χ2n) is 5.43. The van der Waals surface area contributed by atoms with Gasteiger partial charge in [-0.1, -0.05) is 19.9 Å². The Labute approximate surface area is 145 Å². The maximum absolute atomic E-state index is 12.1. The van der Waals surface area contributed by atoms with Gasteiger partial charge < -0.3 is 11.1 Å². The fourth-order valence-electron chi connectivity index (χ4n) is 2.87. The molecule has 0 bridgehead atoms. The lowest BCUT2D eigenvalue weighted by Crippen LogP contribution is -2.39. The van der Waals surface area contributed by atoms with Crippen molar-refractivity contribution in [2.45, 2.75) is 39.2 Å². The van der Waals surface area contributed by atoms with Crippen LogP contribution in [0.5, 0.6) is 0 Å². The first-order valence-corrected chi connectivity index (χ1v) is 7.54. The lowest BCUT2D eigenvalue weighted by atomic mass is 9.87. The van der Waals surface area contributed by atoms with Gasteiger partial charge in [0.05, 0.1) is 12.6 Å². The van der Waals surface area contributed by atoms with Crippen LogP contribution in [0.25, 0.3) is 0 Å². The molecule has 0 aliphatic heterocycles. The fourth-order valence-corrected chi connectivity index (χ4v) is 2.87. The Morgan fingerprint density at radius 1 is 1.32 bits per heavy atom. The largest absolute Gasteiger partial charge is 0.399 e. The molecular formula is C16H27Cl2N3O. The van der Waals surface area contributed by atoms with Crippen molar-refractivity contribution in [3.63, 3.8) is 0 Å². The highest BCUT2D eigenvalue weighted by atomic mass is 35.5. The molecule has 1 amide bonds. The summed E-state index contributed by atoms with van der Waals surface area (Å²) in [5.41, 5.74) is 9.16. The number of nitrogens with one attached hydrogen (secondary N) is 1. The SMILES string of the molecule is CCN(CC)CC(=O)NC1CCCc2cc(N)ccc21.Cl.Cl. The molecule has 1 unspecified atom stereocenters. The van der Waals surface area contributed by atoms with Crippen molar-refractivity contribution in [3.8, 4) is 0 Å². The molecule has 0 saturated carbocycles. The maximum atomic E-state index is 12.1. The van der Waals surface area contributed by atoms with Crippen LogP contribution in [0.4, 0.5) is 5.69 Å². The van der Waals surface area contributed by atoms with Crippen LogP contribution in [-0.2, 0) is 11.2 Å². The number of benzene rings is 1. The number of rotatable bonds is 5. The minimum Gasteiger partial charge on any atom is -0.399 e. The topological polar surface area (TPSA) is 58.4 Å². The third-order valence-corrected chi connectivity index (χ3v) is 4.08. The average molecular weight is 348 g/mol. The molecule has 1 aliphatic carbocycles. The zero-order chi connectivity index (χ0) is 14.5. The number of aryl methyl sites for hydroxylation is 1. The highest BCUT2D eigenvalue weighted by Gasteiger charge is 2.22. The number of nitrogen functional groups attached to an aromatic ring is 1. The van der Waals surface area contributed by atoms with Gasteiger partial charge in [-0.05, 0) is 55.6 Å². The van der Waals surface area contributed by atoms with E-state index in [9.17, 15) is 4.79 Å². The summed E-state index contributed by atoms with van der Waals surface area (Å²) in [6.45, 7) is 6.45. The van der Waals surface area contributed by atoms with E-state index in [1.165, 1.54) is 11.1 Å². The monoisotopic (exact) mass is 347 g/mol. The van der Waals surface area contributed by atoms with Crippen LogP contribution in [0, 0.1) is 0 Å². The second kappa shape index (κ2) is 9.93. The summed E-state index contributed by atoms with van der Waals surface area (Å²) in [5, 5.41) is 3.17. The molecule has 1 aromatic rings. The van der Waals surface area contributed by atoms with E-state index in [2.05, 4.69) is 30.1 Å². The van der Waals surface area contributed by atoms with Crippen molar-refractivity contribution in [2.75, 3.05) is 25.4 Å². The Morgan fingerprint density at radius 2 is 2.00 bits per heavy atom. The molecule has 0 aromatic heterocycles. The van der Waals surface area contributed by atoms with Gasteiger partial charge in [0.15, 0.2) is 0 Å². The normalized spacial score (nSPS) is 16.2. The van der Waals surface area contributed by atoms with E-state index in [-0.39, 0.29) is 36.8 Å². The number of carbonyl (C=O) groups is 1. The summed E-state index contributed by atoms with van der Waals surface area (Å²) in [5.74, 6) is 0.114. The summed E-state index contributed by atoms with van der Waals surface area (Å²) in [6.07, 6.45) is 3.18. The fraction of sp³-hybridized carbons (Fsp3) is 0.562. The Kier molecular flexibility index (Phi) is 9.49. The molecule has 2 rings (SSSR count). The summed E-state index contributed by atoms with van der Waals surface area (Å²) >= 11 is 0. The smallest absolute Gasteiger partial charge is 0.234 e. The number of amides is 1. The van der Waals surface area contributed by atoms with Crippen molar-refractivity contribution in [2.24, 2.45) is 0 Å². The lowest BCUT2D eigenvalue weighted by molar-refractivity contribution is -0.123. The van der Waals surface area contributed by atoms with E-state index in [1.54, 1.807) is 0 Å². The lowest BCUT2D eigenvalue weighted by Gasteiger charge is -2.28. The Hall–Kier alpha value is -0.970. The van der Waals surface area contributed by atoms with E-state index in [0.29, 0.717) is 6.54 Å². The number of hydrogen-bond donors (Lipinski definition) is 2. The zero-order valence-electron chi connectivity index (χ0n) is 13.3. The number of carbonyl (C=O) groups excluding carboxylic acids is 1. The molecule has 1 aromatic carbocycles. The average Bonchev–Trinajstić information content (AvgIpc) is 2.44. The molecule has 0 radical (unpaired) electrons. The molecule has 3 N–H and O–H groups in total. The molecule has 1 aliphatic rings. The molecule has 0 spiro atoms. The van der Waals surface area contributed by atoms with Crippen molar-refractivity contribution >= 4 is 36.4 Å². The van der Waals surface area contributed by atoms with Gasteiger partial charge in [0, 0.05) is 5.69 Å². The molecule has 0 fully saturated rings. The van der Waals surface area contributed by atoms with Crippen LogP contribution in [0.3, 0.4) is 0 Å². The minimum atomic E-state index is 0. The van der Waals surface area contributed by atoms with Gasteiger partial charge in [0.2, 0.25) is 5.91 Å². The van der Waals surface area contributed by atoms with Crippen molar-refractivity contribution in [3.05, 3.63) is 29.3 Å². The highest BCUT2D eigenvalue weighted by molar-refractivity contribution is 5.85. The van der Waals surface area contributed by atoms with Gasteiger partial charge in [-0.15, -0.1) is 24.8 Å². The zero-order valence-corrected chi connectivity index (χ0v) is 14.9. The highest BCUT2D eigenvalue weighted by Crippen LogP contribution is 2.30. The van der Waals surface area contributed by atoms with Crippen molar-refractivity contribution < 1.29 is 4.79 Å². The number of nitrogens with two attached hydrogens (primary N) is 1. The Morgan fingerprint density at radius 3 is 2.64 bits per heavy atom. The van der Waals surface area contributed by atoms with Crippen LogP contribution in [0.15, 0.2) is 18.2 Å². The number of nitrogens with zero attached hydrogens (tertiary/aromatic N) is 1. The first-order valence-electron chi connectivity index (χ1n) is 7.54. The van der Waals surface area contributed by atoms with Crippen LogP contribution >= 0.6 is 24.8 Å². The van der Waals surface area contributed by atoms with E-state index in [1.807, 2.05) is 12.1 Å². The molecule has 0 heterocycles. The minimum absolute atomic E-state index is 0. The number of anilines is 1. The number of likely N-dealkylation sites (N-methyl/N-ethyl adjacent to an activating group) is 1. The summed E-state index contributed by atoms with van der Waals surface area (Å²) in [4.78, 5) is 14.3. The predicted octanol–water partition coefficient (Wildman–Crippen LogP) is 2.95. The van der Waals surface area contributed by atoms with Crippen molar-refractivity contribution in [1.29, 1.82) is 0 Å². The van der Waals surface area contributed by atoms with Crippen LogP contribution in [-0.4, -0.2) is 30.4 Å². The van der Waals surface area contributed by atoms with Gasteiger partial charge in [-0.25, -0.2) is 0 Å². The van der Waals surface area contributed by atoms with E-state index >= 15 is 0 Å². The van der Waals surface area contributed by atoms with Gasteiger partial charge in [0.1, 0.15) is 0 Å². The van der Waals surface area contributed by atoms with Crippen LogP contribution < -0.4 is 11.1 Å². The molecule has 22 heavy (non-hydrogen) atoms. The summed E-state index contributed by atoms with van der Waals surface area (Å²) in [6, 6.07) is 6.17. The molecule has 126 valence electrons. The van der Waals surface area contributed by atoms with Crippen LogP contribution in [0.2, 0.25) is 0 Å². The second-order valence-corrected chi connectivity index (χ2v) is 5.43. The predicted molar refractivity (Wildman–Crippen MR) is 97.0 cm³/mol. The van der Waals surface area contributed by atoms with Gasteiger partial charge in [-0.2, -0.15) is 0 Å². The molecule has 0 saturated heterocycles. The number of hydrogen-bond acceptors (Lipinski definition) is 3. The molecule has 1 atom stereocenters. The van der Waals surface area contributed by atoms with E-state index in [4.69, 9.17) is 5.73 Å². The van der Waals surface area contributed by atoms with E-state index < -0.39 is 0 Å². The van der Waals surface area contributed by atoms with Gasteiger partial charge in [-0.3, -0.25) is 9.69 Å². The maximum Gasteiger partial charge on any atom is 0.234 e. The van der Waals surface area contributed by atoms with Crippen LogP contribution in [0.1, 0.15) is 43.9 Å².